The van der Waals surface area contributed by atoms with Crippen molar-refractivity contribution >= 4 is 0 Å². The van der Waals surface area contributed by atoms with Crippen LogP contribution in [0.3, 0.4) is 0 Å². The summed E-state index contributed by atoms with van der Waals surface area (Å²) in [5, 5.41) is 17.5. The number of rotatable bonds is 3. The molecule has 0 fully saturated rings. The lowest BCUT2D eigenvalue weighted by molar-refractivity contribution is -0.0804. The summed E-state index contributed by atoms with van der Waals surface area (Å²) in [7, 11) is 0. The van der Waals surface area contributed by atoms with Crippen molar-refractivity contribution in [3.63, 3.8) is 0 Å². The zero-order chi connectivity index (χ0) is 6.57. The molecule has 0 aromatic rings. The molecule has 1 unspecified atom stereocenters. The molecule has 0 bridgehead atoms. The Kier molecular flexibility index (Phi) is 3.67. The van der Waals surface area contributed by atoms with Crippen LogP contribution in [0.25, 0.3) is 0 Å². The van der Waals surface area contributed by atoms with E-state index in [1.54, 1.807) is 6.92 Å². The Morgan fingerprint density at radius 2 is 2.50 bits per heavy atom. The van der Waals surface area contributed by atoms with Crippen molar-refractivity contribution in [3.8, 4) is 0 Å². The molecule has 0 spiro atoms. The Hall–Kier alpha value is -0.200. The van der Waals surface area contributed by atoms with Gasteiger partial charge in [0.1, 0.15) is 0 Å². The molecule has 0 aliphatic heterocycles. The molecular weight excluding hydrogens is 112 g/mol. The first kappa shape index (κ1) is 7.80. The highest BCUT2D eigenvalue weighted by molar-refractivity contribution is 4.50. The van der Waals surface area contributed by atoms with Crippen LogP contribution in [-0.2, 0) is 4.84 Å². The van der Waals surface area contributed by atoms with Gasteiger partial charge in [0.25, 0.3) is 0 Å². The molecule has 0 amide bonds. The summed E-state index contributed by atoms with van der Waals surface area (Å²) in [5.74, 6) is 4.64. The third-order valence-corrected chi connectivity index (χ3v) is 0.646. The molecule has 0 heterocycles. The molecule has 0 saturated heterocycles. The van der Waals surface area contributed by atoms with Crippen LogP contribution < -0.4 is 5.90 Å². The van der Waals surface area contributed by atoms with Crippen LogP contribution >= 0.6 is 0 Å². The summed E-state index contributed by atoms with van der Waals surface area (Å²) < 4.78 is 0. The van der Waals surface area contributed by atoms with E-state index in [0.717, 1.165) is 0 Å². The van der Waals surface area contributed by atoms with Gasteiger partial charge in [-0.05, 0) is 6.92 Å². The molecule has 5 nitrogen and oxygen atoms in total. The first-order valence-corrected chi connectivity index (χ1v) is 2.16. The van der Waals surface area contributed by atoms with Crippen LogP contribution in [0.1, 0.15) is 6.92 Å². The Labute approximate surface area is 47.1 Å². The number of hydroxylamine groups is 2. The average molecular weight is 121 g/mol. The second-order valence-corrected chi connectivity index (χ2v) is 1.48. The second kappa shape index (κ2) is 3.76. The minimum atomic E-state index is -0.433. The lowest BCUT2D eigenvalue weighted by atomic mass is 10.4. The van der Waals surface area contributed by atoms with Crippen LogP contribution in [0.4, 0.5) is 0 Å². The van der Waals surface area contributed by atoms with E-state index in [-0.39, 0.29) is 11.8 Å². The molecule has 3 N–H and O–H groups in total. The third-order valence-electron chi connectivity index (χ3n) is 0.646. The summed E-state index contributed by atoms with van der Waals surface area (Å²) in [6.07, 6.45) is -0.433. The summed E-state index contributed by atoms with van der Waals surface area (Å²) in [4.78, 5) is 4.16. The molecule has 1 atom stereocenters. The first-order chi connectivity index (χ1) is 3.66. The van der Waals surface area contributed by atoms with Crippen LogP contribution in [0.5, 0.6) is 0 Å². The molecule has 0 aliphatic carbocycles. The monoisotopic (exact) mass is 121 g/mol. The second-order valence-electron chi connectivity index (χ2n) is 1.48. The van der Waals surface area contributed by atoms with E-state index < -0.39 is 6.10 Å². The third kappa shape index (κ3) is 3.97. The summed E-state index contributed by atoms with van der Waals surface area (Å²) in [6.45, 7) is 1.44. The predicted molar refractivity (Wildman–Crippen MR) is 26.6 cm³/mol. The molecular formula is C3H9N2O3-. The van der Waals surface area contributed by atoms with Gasteiger partial charge in [-0.1, -0.05) is 0 Å². The van der Waals surface area contributed by atoms with E-state index in [1.165, 1.54) is 0 Å². The van der Waals surface area contributed by atoms with Gasteiger partial charge in [-0.2, -0.15) is 0 Å². The number of hydrogen-bond acceptors (Lipinski definition) is 5. The maximum atomic E-state index is 9.75. The van der Waals surface area contributed by atoms with Gasteiger partial charge in [0, 0.05) is 6.54 Å². The van der Waals surface area contributed by atoms with E-state index in [1.807, 2.05) is 0 Å². The van der Waals surface area contributed by atoms with E-state index >= 15 is 0 Å². The van der Waals surface area contributed by atoms with Crippen LogP contribution in [0.2, 0.25) is 0 Å². The smallest absolute Gasteiger partial charge is 0.0898 e. The van der Waals surface area contributed by atoms with E-state index in [9.17, 15) is 5.21 Å². The fourth-order valence-electron chi connectivity index (χ4n) is 0.263. The molecule has 0 rings (SSSR count). The van der Waals surface area contributed by atoms with E-state index in [4.69, 9.17) is 5.21 Å². The van der Waals surface area contributed by atoms with Gasteiger partial charge in [-0.3, -0.25) is 5.23 Å². The highest BCUT2D eigenvalue weighted by Crippen LogP contribution is 1.86. The van der Waals surface area contributed by atoms with Gasteiger partial charge in [-0.15, -0.1) is 0 Å². The molecule has 0 aromatic heterocycles. The number of nitrogens with two attached hydrogens (primary N) is 1. The molecule has 0 saturated carbocycles. The maximum Gasteiger partial charge on any atom is 0.0898 e. The van der Waals surface area contributed by atoms with Crippen molar-refractivity contribution in [2.45, 2.75) is 13.0 Å². The summed E-state index contributed by atoms with van der Waals surface area (Å²) >= 11 is 0. The predicted octanol–water partition coefficient (Wildman–Crippen LogP) is -0.546. The fourth-order valence-corrected chi connectivity index (χ4v) is 0.263. The maximum absolute atomic E-state index is 9.75. The molecule has 5 heteroatoms. The number of nitrogens with zero attached hydrogens (tertiary/aromatic N) is 1. The van der Waals surface area contributed by atoms with Crippen LogP contribution in [-0.4, -0.2) is 23.1 Å². The van der Waals surface area contributed by atoms with Gasteiger partial charge < -0.3 is 15.3 Å². The molecule has 8 heavy (non-hydrogen) atoms. The Balaban J connectivity index is 3.10. The largest absolute Gasteiger partial charge is 0.762 e. The Morgan fingerprint density at radius 3 is 2.62 bits per heavy atom. The molecule has 50 valence electrons. The first-order valence-electron chi connectivity index (χ1n) is 2.16. The summed E-state index contributed by atoms with van der Waals surface area (Å²) in [5.41, 5.74) is 0. The Morgan fingerprint density at radius 1 is 2.00 bits per heavy atom. The van der Waals surface area contributed by atoms with E-state index in [0.29, 0.717) is 0 Å². The average Bonchev–Trinajstić information content (AvgIpc) is 1.65. The van der Waals surface area contributed by atoms with Gasteiger partial charge >= 0.3 is 0 Å². The van der Waals surface area contributed by atoms with Gasteiger partial charge in [-0.25, -0.2) is 5.90 Å². The van der Waals surface area contributed by atoms with Crippen LogP contribution in [0, 0.1) is 5.21 Å². The van der Waals surface area contributed by atoms with Gasteiger partial charge in [0.2, 0.25) is 0 Å². The standard InChI is InChI=1S/C3H9N2O3/c1-3(8-4)2-5(6)7/h3,6H,2,4H2,1H3/q-1. The van der Waals surface area contributed by atoms with Crippen LogP contribution in [0.15, 0.2) is 0 Å². The van der Waals surface area contributed by atoms with Crippen molar-refractivity contribution in [1.82, 2.24) is 5.23 Å². The highest BCUT2D eigenvalue weighted by Gasteiger charge is 1.97. The van der Waals surface area contributed by atoms with Crippen molar-refractivity contribution in [3.05, 3.63) is 5.21 Å². The van der Waals surface area contributed by atoms with Crippen molar-refractivity contribution in [2.75, 3.05) is 6.54 Å². The van der Waals surface area contributed by atoms with E-state index in [2.05, 4.69) is 10.7 Å². The quantitative estimate of drug-likeness (QED) is 0.490. The molecule has 0 aromatic carbocycles. The van der Waals surface area contributed by atoms with Crippen molar-refractivity contribution in [1.29, 1.82) is 0 Å². The van der Waals surface area contributed by atoms with Crippen molar-refractivity contribution in [2.24, 2.45) is 5.90 Å². The highest BCUT2D eigenvalue weighted by atomic mass is 16.8. The molecule has 0 aliphatic rings. The lowest BCUT2D eigenvalue weighted by Gasteiger charge is -2.21. The zero-order valence-corrected chi connectivity index (χ0v) is 4.57. The topological polar surface area (TPSA) is 81.8 Å². The van der Waals surface area contributed by atoms with Gasteiger partial charge in [0.05, 0.1) is 6.10 Å². The normalized spacial score (nSPS) is 14.6. The SMILES string of the molecule is CC(CN([O-])O)ON. The fraction of sp³-hybridized carbons (Fsp3) is 1.00. The minimum Gasteiger partial charge on any atom is -0.762 e. The number of hydrogen-bond donors (Lipinski definition) is 2. The Bertz CT molecular complexity index is 58.5. The van der Waals surface area contributed by atoms with Crippen molar-refractivity contribution < 1.29 is 10.0 Å². The minimum absolute atomic E-state index is 0.128. The van der Waals surface area contributed by atoms with Gasteiger partial charge in [0.15, 0.2) is 0 Å². The zero-order valence-electron chi connectivity index (χ0n) is 4.57. The molecule has 0 radical (unpaired) electrons. The lowest BCUT2D eigenvalue weighted by Crippen LogP contribution is -2.27. The summed E-state index contributed by atoms with van der Waals surface area (Å²) in [6, 6.07) is 0.